The number of hydrogen-bond acceptors (Lipinski definition) is 4. The Balaban J connectivity index is 1.35. The van der Waals surface area contributed by atoms with Crippen LogP contribution < -0.4 is 9.62 Å². The van der Waals surface area contributed by atoms with E-state index in [0.29, 0.717) is 16.8 Å². The highest BCUT2D eigenvalue weighted by Crippen LogP contribution is 2.35. The highest BCUT2D eigenvalue weighted by Gasteiger charge is 2.29. The Morgan fingerprint density at radius 2 is 2.00 bits per heavy atom. The molecule has 1 saturated heterocycles. The van der Waals surface area contributed by atoms with Gasteiger partial charge in [-0.3, -0.25) is 4.72 Å². The molecule has 2 heterocycles. The number of nitrogens with one attached hydrogen (secondary N) is 1. The Labute approximate surface area is 177 Å². The number of aryl methyl sites for hydroxylation is 1. The molecule has 4 nitrogen and oxygen atoms in total. The average molecular weight is 435 g/mol. The van der Waals surface area contributed by atoms with E-state index in [-0.39, 0.29) is 5.56 Å². The lowest BCUT2D eigenvalue weighted by atomic mass is 10.1. The summed E-state index contributed by atoms with van der Waals surface area (Å²) in [5.41, 5.74) is 2.45. The van der Waals surface area contributed by atoms with Crippen molar-refractivity contribution in [2.75, 3.05) is 23.7 Å². The number of halogens is 3. The maximum atomic E-state index is 13.9. The first-order valence-corrected chi connectivity index (χ1v) is 11.1. The van der Waals surface area contributed by atoms with E-state index >= 15 is 0 Å². The standard InChI is InChI=1S/C21H21ClF2N4S/c1-12-4-16(6-18(23)21(12)24)28-19-7-17(22)20(5-14(19)8-25-28)27-9-15(10-27)26-29-11-13-2-3-13/h4-8,13,15,26H,2-3,9-11H2,1H3. The fourth-order valence-corrected chi connectivity index (χ4v) is 4.96. The van der Waals surface area contributed by atoms with Crippen LogP contribution in [0.4, 0.5) is 14.5 Å². The largest absolute Gasteiger partial charge is 0.367 e. The lowest BCUT2D eigenvalue weighted by Gasteiger charge is -2.41. The second kappa shape index (κ2) is 7.45. The molecule has 5 rings (SSSR count). The van der Waals surface area contributed by atoms with Crippen molar-refractivity contribution in [2.24, 2.45) is 5.92 Å². The molecule has 0 bridgehead atoms. The first-order chi connectivity index (χ1) is 14.0. The van der Waals surface area contributed by atoms with Gasteiger partial charge in [-0.25, -0.2) is 13.5 Å². The van der Waals surface area contributed by atoms with Crippen molar-refractivity contribution in [1.82, 2.24) is 14.5 Å². The van der Waals surface area contributed by atoms with Crippen LogP contribution >= 0.6 is 23.5 Å². The topological polar surface area (TPSA) is 33.1 Å². The van der Waals surface area contributed by atoms with Crippen LogP contribution in [-0.4, -0.2) is 34.7 Å². The van der Waals surface area contributed by atoms with E-state index in [0.717, 1.165) is 41.7 Å². The molecule has 3 aromatic rings. The Morgan fingerprint density at radius 1 is 1.21 bits per heavy atom. The smallest absolute Gasteiger partial charge is 0.161 e. The molecule has 1 saturated carbocycles. The van der Waals surface area contributed by atoms with Crippen LogP contribution in [0.15, 0.2) is 30.5 Å². The summed E-state index contributed by atoms with van der Waals surface area (Å²) in [5, 5.41) is 5.91. The molecule has 1 aliphatic heterocycles. The van der Waals surface area contributed by atoms with Gasteiger partial charge in [-0.1, -0.05) is 23.5 Å². The minimum Gasteiger partial charge on any atom is -0.367 e. The van der Waals surface area contributed by atoms with Crippen LogP contribution in [-0.2, 0) is 0 Å². The molecule has 0 unspecified atom stereocenters. The molecule has 2 aromatic carbocycles. The predicted octanol–water partition coefficient (Wildman–Crippen LogP) is 5.10. The van der Waals surface area contributed by atoms with Gasteiger partial charge in [0, 0.05) is 30.3 Å². The fraction of sp³-hybridized carbons (Fsp3) is 0.381. The van der Waals surface area contributed by atoms with Gasteiger partial charge in [0.25, 0.3) is 0 Å². The van der Waals surface area contributed by atoms with Crippen molar-refractivity contribution in [3.63, 3.8) is 0 Å². The van der Waals surface area contributed by atoms with Crippen LogP contribution in [0.5, 0.6) is 0 Å². The zero-order chi connectivity index (χ0) is 20.1. The summed E-state index contributed by atoms with van der Waals surface area (Å²) in [5.74, 6) is 0.397. The van der Waals surface area contributed by atoms with Gasteiger partial charge < -0.3 is 4.90 Å². The first-order valence-electron chi connectivity index (χ1n) is 9.75. The predicted molar refractivity (Wildman–Crippen MR) is 115 cm³/mol. The normalized spacial score (nSPS) is 17.2. The number of hydrogen-bond donors (Lipinski definition) is 1. The summed E-state index contributed by atoms with van der Waals surface area (Å²) in [7, 11) is 0. The van der Waals surface area contributed by atoms with E-state index < -0.39 is 11.6 Å². The van der Waals surface area contributed by atoms with Crippen molar-refractivity contribution >= 4 is 40.1 Å². The van der Waals surface area contributed by atoms with Crippen LogP contribution in [0.3, 0.4) is 0 Å². The molecule has 0 atom stereocenters. The molecule has 0 spiro atoms. The van der Waals surface area contributed by atoms with Crippen molar-refractivity contribution in [2.45, 2.75) is 25.8 Å². The molecule has 29 heavy (non-hydrogen) atoms. The molecular weight excluding hydrogens is 414 g/mol. The molecule has 1 aliphatic carbocycles. The first kappa shape index (κ1) is 19.2. The van der Waals surface area contributed by atoms with Crippen LogP contribution in [0.25, 0.3) is 16.6 Å². The number of aromatic nitrogens is 2. The van der Waals surface area contributed by atoms with Crippen molar-refractivity contribution in [3.8, 4) is 5.69 Å². The van der Waals surface area contributed by atoms with Gasteiger partial charge in [0.1, 0.15) is 0 Å². The van der Waals surface area contributed by atoms with Crippen molar-refractivity contribution in [1.29, 1.82) is 0 Å². The molecule has 1 aromatic heterocycles. The molecule has 8 heteroatoms. The van der Waals surface area contributed by atoms with E-state index in [9.17, 15) is 8.78 Å². The quantitative estimate of drug-likeness (QED) is 0.547. The molecular formula is C21H21ClF2N4S. The van der Waals surface area contributed by atoms with Gasteiger partial charge in [-0.2, -0.15) is 5.10 Å². The lowest BCUT2D eigenvalue weighted by molar-refractivity contribution is 0.493. The maximum Gasteiger partial charge on any atom is 0.161 e. The summed E-state index contributed by atoms with van der Waals surface area (Å²) in [6.45, 7) is 3.37. The molecule has 2 fully saturated rings. The lowest BCUT2D eigenvalue weighted by Crippen LogP contribution is -2.56. The van der Waals surface area contributed by atoms with E-state index in [2.05, 4.69) is 14.7 Å². The zero-order valence-corrected chi connectivity index (χ0v) is 17.5. The highest BCUT2D eigenvalue weighted by molar-refractivity contribution is 7.97. The number of fused-ring (bicyclic) bond motifs is 1. The van der Waals surface area contributed by atoms with Crippen LogP contribution in [0, 0.1) is 24.5 Å². The fourth-order valence-electron chi connectivity index (χ4n) is 3.63. The minimum atomic E-state index is -0.884. The number of benzene rings is 2. The minimum absolute atomic E-state index is 0.241. The highest BCUT2D eigenvalue weighted by atomic mass is 35.5. The van der Waals surface area contributed by atoms with Gasteiger partial charge >= 0.3 is 0 Å². The summed E-state index contributed by atoms with van der Waals surface area (Å²) in [6, 6.07) is 7.07. The van der Waals surface area contributed by atoms with E-state index in [1.807, 2.05) is 24.1 Å². The number of nitrogens with zero attached hydrogens (tertiary/aromatic N) is 3. The molecule has 0 amide bonds. The van der Waals surface area contributed by atoms with Gasteiger partial charge in [-0.05, 0) is 49.4 Å². The summed E-state index contributed by atoms with van der Waals surface area (Å²) in [6.07, 6.45) is 4.48. The third-order valence-corrected chi connectivity index (χ3v) is 7.01. The second-order valence-corrected chi connectivity index (χ2v) is 9.22. The number of rotatable bonds is 6. The van der Waals surface area contributed by atoms with Crippen molar-refractivity contribution < 1.29 is 8.78 Å². The van der Waals surface area contributed by atoms with E-state index in [1.165, 1.54) is 25.5 Å². The summed E-state index contributed by atoms with van der Waals surface area (Å²) >= 11 is 8.41. The molecule has 152 valence electrons. The van der Waals surface area contributed by atoms with E-state index in [1.54, 1.807) is 16.9 Å². The van der Waals surface area contributed by atoms with Gasteiger partial charge in [0.05, 0.1) is 34.2 Å². The Kier molecular flexibility index (Phi) is 4.92. The monoisotopic (exact) mass is 434 g/mol. The summed E-state index contributed by atoms with van der Waals surface area (Å²) in [4.78, 5) is 2.25. The Bertz CT molecular complexity index is 1050. The van der Waals surface area contributed by atoms with Crippen LogP contribution in [0.1, 0.15) is 18.4 Å². The van der Waals surface area contributed by atoms with Gasteiger partial charge in [0.15, 0.2) is 11.6 Å². The summed E-state index contributed by atoms with van der Waals surface area (Å²) < 4.78 is 32.6. The average Bonchev–Trinajstić information content (AvgIpc) is 3.39. The molecule has 2 aliphatic rings. The number of anilines is 1. The maximum absolute atomic E-state index is 13.9. The Morgan fingerprint density at radius 3 is 2.72 bits per heavy atom. The van der Waals surface area contributed by atoms with Crippen LogP contribution in [0.2, 0.25) is 5.02 Å². The van der Waals surface area contributed by atoms with Gasteiger partial charge in [0.2, 0.25) is 0 Å². The van der Waals surface area contributed by atoms with E-state index in [4.69, 9.17) is 11.6 Å². The molecule has 1 N–H and O–H groups in total. The van der Waals surface area contributed by atoms with Gasteiger partial charge in [-0.15, -0.1) is 0 Å². The second-order valence-electron chi connectivity index (χ2n) is 7.95. The SMILES string of the molecule is Cc1cc(-n2ncc3cc(N4CC(NSCC5CC5)C4)c(Cl)cc32)cc(F)c1F. The third-order valence-electron chi connectivity index (χ3n) is 5.56. The van der Waals surface area contributed by atoms with Crippen molar-refractivity contribution in [3.05, 3.63) is 52.7 Å². The third kappa shape index (κ3) is 3.71. The molecule has 0 radical (unpaired) electrons. The zero-order valence-electron chi connectivity index (χ0n) is 16.0. The Hall–Kier alpha value is -1.83.